The third kappa shape index (κ3) is 4.89. The predicted molar refractivity (Wildman–Crippen MR) is 69.4 cm³/mol. The Hall–Kier alpha value is -1.59. The number of likely N-dealkylation sites (tertiary alicyclic amines) is 1. The van der Waals surface area contributed by atoms with E-state index >= 15 is 0 Å². The molecule has 0 bridgehead atoms. The number of piperidine rings is 1. The lowest BCUT2D eigenvalue weighted by Crippen LogP contribution is -2.53. The first-order chi connectivity index (χ1) is 8.79. The molecule has 1 fully saturated rings. The van der Waals surface area contributed by atoms with Crippen LogP contribution < -0.4 is 5.32 Å². The zero-order valence-corrected chi connectivity index (χ0v) is 11.7. The smallest absolute Gasteiger partial charge is 0.303 e. The highest BCUT2D eigenvalue weighted by molar-refractivity contribution is 5.78. The van der Waals surface area contributed by atoms with Crippen LogP contribution in [0.5, 0.6) is 0 Å². The number of hydrogen-bond donors (Lipinski definition) is 2. The molecule has 6 heteroatoms. The molecule has 1 aliphatic rings. The van der Waals surface area contributed by atoms with Crippen molar-refractivity contribution in [2.45, 2.75) is 39.7 Å². The topological polar surface area (TPSA) is 86.7 Å². The van der Waals surface area contributed by atoms with Gasteiger partial charge in [0, 0.05) is 38.4 Å². The summed E-state index contributed by atoms with van der Waals surface area (Å²) < 4.78 is 0. The number of rotatable bonds is 4. The molecule has 0 radical (unpaired) electrons. The molecule has 1 saturated heterocycles. The number of nitrogens with one attached hydrogen (secondary N) is 1. The summed E-state index contributed by atoms with van der Waals surface area (Å²) >= 11 is 0. The van der Waals surface area contributed by atoms with Crippen LogP contribution in [-0.2, 0) is 14.4 Å². The lowest BCUT2D eigenvalue weighted by atomic mass is 9.90. The van der Waals surface area contributed by atoms with E-state index in [0.717, 1.165) is 0 Å². The van der Waals surface area contributed by atoms with Crippen LogP contribution in [0.1, 0.15) is 33.6 Å². The maximum Gasteiger partial charge on any atom is 0.303 e. The highest BCUT2D eigenvalue weighted by Crippen LogP contribution is 2.21. The molecule has 2 unspecified atom stereocenters. The molecule has 1 rings (SSSR count). The first-order valence-electron chi connectivity index (χ1n) is 6.57. The van der Waals surface area contributed by atoms with Gasteiger partial charge in [0.15, 0.2) is 0 Å². The zero-order valence-electron chi connectivity index (χ0n) is 11.7. The molecule has 1 heterocycles. The van der Waals surface area contributed by atoms with E-state index in [-0.39, 0.29) is 36.1 Å². The standard InChI is InChI=1S/C13H22N2O4/c1-8(2)13(19)15-6-10(5-12(17)18)4-11(7-15)14-9(3)16/h8,10-11H,4-7H2,1-3H3,(H,14,16)(H,17,18). The molecule has 2 N–H and O–H groups in total. The molecule has 2 atom stereocenters. The summed E-state index contributed by atoms with van der Waals surface area (Å²) in [6.45, 7) is 5.98. The predicted octanol–water partition coefficient (Wildman–Crippen LogP) is 0.470. The van der Waals surface area contributed by atoms with Crippen LogP contribution in [0.25, 0.3) is 0 Å². The first kappa shape index (κ1) is 15.5. The van der Waals surface area contributed by atoms with E-state index in [4.69, 9.17) is 5.11 Å². The van der Waals surface area contributed by atoms with Crippen molar-refractivity contribution in [3.8, 4) is 0 Å². The van der Waals surface area contributed by atoms with Crippen LogP contribution in [0.4, 0.5) is 0 Å². The summed E-state index contributed by atoms with van der Waals surface area (Å²) in [7, 11) is 0. The molecule has 0 spiro atoms. The average molecular weight is 270 g/mol. The Labute approximate surface area is 113 Å². The van der Waals surface area contributed by atoms with Gasteiger partial charge in [0.1, 0.15) is 0 Å². The number of carbonyl (C=O) groups excluding carboxylic acids is 2. The van der Waals surface area contributed by atoms with Crippen molar-refractivity contribution < 1.29 is 19.5 Å². The number of hydrogen-bond acceptors (Lipinski definition) is 3. The van der Waals surface area contributed by atoms with Gasteiger partial charge in [-0.15, -0.1) is 0 Å². The highest BCUT2D eigenvalue weighted by atomic mass is 16.4. The highest BCUT2D eigenvalue weighted by Gasteiger charge is 2.32. The van der Waals surface area contributed by atoms with Gasteiger partial charge in [-0.1, -0.05) is 13.8 Å². The third-order valence-electron chi connectivity index (χ3n) is 3.21. The molecule has 108 valence electrons. The largest absolute Gasteiger partial charge is 0.481 e. The molecule has 1 aliphatic heterocycles. The van der Waals surface area contributed by atoms with Gasteiger partial charge in [-0.05, 0) is 12.3 Å². The lowest BCUT2D eigenvalue weighted by molar-refractivity contribution is -0.142. The number of aliphatic carboxylic acids is 1. The van der Waals surface area contributed by atoms with E-state index < -0.39 is 5.97 Å². The Morgan fingerprint density at radius 2 is 1.95 bits per heavy atom. The number of amides is 2. The van der Waals surface area contributed by atoms with E-state index in [9.17, 15) is 14.4 Å². The van der Waals surface area contributed by atoms with Crippen molar-refractivity contribution in [3.63, 3.8) is 0 Å². The van der Waals surface area contributed by atoms with Crippen LogP contribution in [-0.4, -0.2) is 46.9 Å². The Kier molecular flexibility index (Phi) is 5.32. The van der Waals surface area contributed by atoms with Crippen molar-refractivity contribution in [3.05, 3.63) is 0 Å². The van der Waals surface area contributed by atoms with Crippen LogP contribution >= 0.6 is 0 Å². The van der Waals surface area contributed by atoms with Crippen molar-refractivity contribution in [2.24, 2.45) is 11.8 Å². The summed E-state index contributed by atoms with van der Waals surface area (Å²) in [6.07, 6.45) is 0.631. The molecule has 19 heavy (non-hydrogen) atoms. The van der Waals surface area contributed by atoms with E-state index in [1.165, 1.54) is 6.92 Å². The molecular weight excluding hydrogens is 248 g/mol. The van der Waals surface area contributed by atoms with Crippen molar-refractivity contribution in [1.82, 2.24) is 10.2 Å². The van der Waals surface area contributed by atoms with Crippen molar-refractivity contribution in [1.29, 1.82) is 0 Å². The maximum absolute atomic E-state index is 12.0. The fourth-order valence-electron chi connectivity index (χ4n) is 2.54. The Balaban J connectivity index is 2.73. The zero-order chi connectivity index (χ0) is 14.6. The maximum atomic E-state index is 12.0. The van der Waals surface area contributed by atoms with E-state index in [2.05, 4.69) is 5.32 Å². The Morgan fingerprint density at radius 1 is 1.32 bits per heavy atom. The fraction of sp³-hybridized carbons (Fsp3) is 0.769. The second-order valence-corrected chi connectivity index (χ2v) is 5.49. The SMILES string of the molecule is CC(=O)NC1CC(CC(=O)O)CN(C(=O)C(C)C)C1. The van der Waals surface area contributed by atoms with Gasteiger partial charge in [-0.25, -0.2) is 0 Å². The van der Waals surface area contributed by atoms with Gasteiger partial charge < -0.3 is 15.3 Å². The van der Waals surface area contributed by atoms with Crippen molar-refractivity contribution >= 4 is 17.8 Å². The van der Waals surface area contributed by atoms with Gasteiger partial charge in [0.2, 0.25) is 11.8 Å². The summed E-state index contributed by atoms with van der Waals surface area (Å²) in [4.78, 5) is 35.6. The third-order valence-corrected chi connectivity index (χ3v) is 3.21. The van der Waals surface area contributed by atoms with Gasteiger partial charge in [0.25, 0.3) is 0 Å². The molecular formula is C13H22N2O4. The number of carbonyl (C=O) groups is 3. The van der Waals surface area contributed by atoms with Crippen LogP contribution in [0.15, 0.2) is 0 Å². The minimum Gasteiger partial charge on any atom is -0.481 e. The monoisotopic (exact) mass is 270 g/mol. The van der Waals surface area contributed by atoms with Crippen LogP contribution in [0.2, 0.25) is 0 Å². The Morgan fingerprint density at radius 3 is 2.42 bits per heavy atom. The number of carboxylic acids is 1. The quantitative estimate of drug-likeness (QED) is 0.777. The number of nitrogens with zero attached hydrogens (tertiary/aromatic N) is 1. The second kappa shape index (κ2) is 6.54. The Bertz CT molecular complexity index is 344. The normalized spacial score (nSPS) is 23.3. The molecule has 0 aromatic carbocycles. The second-order valence-electron chi connectivity index (χ2n) is 5.49. The van der Waals surface area contributed by atoms with E-state index in [0.29, 0.717) is 19.5 Å². The van der Waals surface area contributed by atoms with Gasteiger partial charge in [-0.3, -0.25) is 14.4 Å². The summed E-state index contributed by atoms with van der Waals surface area (Å²) in [5, 5.41) is 11.7. The first-order valence-corrected chi connectivity index (χ1v) is 6.57. The molecule has 0 aromatic rings. The van der Waals surface area contributed by atoms with Crippen molar-refractivity contribution in [2.75, 3.05) is 13.1 Å². The molecule has 0 aliphatic carbocycles. The summed E-state index contributed by atoms with van der Waals surface area (Å²) in [6, 6.07) is -0.154. The molecule has 6 nitrogen and oxygen atoms in total. The van der Waals surface area contributed by atoms with E-state index in [1.807, 2.05) is 13.8 Å². The van der Waals surface area contributed by atoms with Crippen LogP contribution in [0, 0.1) is 11.8 Å². The fourth-order valence-corrected chi connectivity index (χ4v) is 2.54. The van der Waals surface area contributed by atoms with Gasteiger partial charge in [-0.2, -0.15) is 0 Å². The minimum absolute atomic E-state index is 0.00504. The number of carboxylic acid groups (broad SMARTS) is 1. The molecule has 0 aromatic heterocycles. The van der Waals surface area contributed by atoms with Gasteiger partial charge >= 0.3 is 5.97 Å². The lowest BCUT2D eigenvalue weighted by Gasteiger charge is -2.38. The summed E-state index contributed by atoms with van der Waals surface area (Å²) in [5.74, 6) is -1.25. The molecule has 0 saturated carbocycles. The summed E-state index contributed by atoms with van der Waals surface area (Å²) in [5.41, 5.74) is 0. The minimum atomic E-state index is -0.870. The average Bonchev–Trinajstić information content (AvgIpc) is 2.25. The van der Waals surface area contributed by atoms with Crippen LogP contribution in [0.3, 0.4) is 0 Å². The van der Waals surface area contributed by atoms with Gasteiger partial charge in [0.05, 0.1) is 0 Å². The molecule has 2 amide bonds. The van der Waals surface area contributed by atoms with E-state index in [1.54, 1.807) is 4.90 Å².